The van der Waals surface area contributed by atoms with E-state index in [2.05, 4.69) is 0 Å². The van der Waals surface area contributed by atoms with Gasteiger partial charge < -0.3 is 9.90 Å². The first kappa shape index (κ1) is 14.4. The molecule has 0 aromatic carbocycles. The minimum absolute atomic E-state index is 0. The summed E-state index contributed by atoms with van der Waals surface area (Å²) in [5.41, 5.74) is 0. The molecule has 0 fully saturated rings. The van der Waals surface area contributed by atoms with Crippen LogP contribution >= 0.6 is 0 Å². The van der Waals surface area contributed by atoms with Gasteiger partial charge in [0.25, 0.3) is 6.43 Å². The van der Waals surface area contributed by atoms with Crippen molar-refractivity contribution >= 4 is 5.97 Å². The van der Waals surface area contributed by atoms with Gasteiger partial charge in [-0.05, 0) is 0 Å². The van der Waals surface area contributed by atoms with Crippen LogP contribution in [0.4, 0.5) is 17.6 Å². The molecule has 0 aromatic heterocycles. The zero-order chi connectivity index (χ0) is 8.31. The van der Waals surface area contributed by atoms with Crippen LogP contribution in [-0.4, -0.2) is 24.7 Å². The molecule has 7 heteroatoms. The summed E-state index contributed by atoms with van der Waals surface area (Å²) in [6, 6.07) is 0. The van der Waals surface area contributed by atoms with Crippen LogP contribution in [0.25, 0.3) is 0 Å². The molecule has 0 saturated carbocycles. The minimum Gasteiger partial charge on any atom is -0.547 e. The van der Waals surface area contributed by atoms with E-state index < -0.39 is 24.7 Å². The number of rotatable bonds is 3. The average Bonchev–Trinajstić information content (AvgIpc) is 1.84. The van der Waals surface area contributed by atoms with Crippen LogP contribution in [0.3, 0.4) is 0 Å². The molecular formula is C4H3F4KO2. The molecule has 0 aromatic rings. The van der Waals surface area contributed by atoms with Gasteiger partial charge in [0.1, 0.15) is 0 Å². The molecule has 0 N–H and O–H groups in total. The maximum Gasteiger partial charge on any atom is 1.00 e. The Balaban J connectivity index is 0. The van der Waals surface area contributed by atoms with Crippen molar-refractivity contribution in [2.24, 2.45) is 0 Å². The van der Waals surface area contributed by atoms with Crippen molar-refractivity contribution in [1.82, 2.24) is 0 Å². The quantitative estimate of drug-likeness (QED) is 0.352. The molecule has 2 unspecified atom stereocenters. The molecule has 2 nitrogen and oxygen atoms in total. The van der Waals surface area contributed by atoms with E-state index in [0.29, 0.717) is 0 Å². The maximum absolute atomic E-state index is 11.7. The number of alkyl halides is 4. The van der Waals surface area contributed by atoms with Gasteiger partial charge in [-0.1, -0.05) is 0 Å². The van der Waals surface area contributed by atoms with E-state index in [4.69, 9.17) is 0 Å². The standard InChI is InChI=1S/C4H4F4O2.K/c5-1(3(7)8)2(6)4(9)10;/h1-3H,(H,9,10);/q;+1/p-1. The molecule has 0 aliphatic carbocycles. The van der Waals surface area contributed by atoms with Crippen LogP contribution in [-0.2, 0) is 4.79 Å². The third-order valence-corrected chi connectivity index (χ3v) is 0.745. The normalized spacial score (nSPS) is 15.4. The van der Waals surface area contributed by atoms with Crippen molar-refractivity contribution in [2.75, 3.05) is 0 Å². The molecule has 0 bridgehead atoms. The molecule has 11 heavy (non-hydrogen) atoms. The van der Waals surface area contributed by atoms with E-state index in [0.717, 1.165) is 0 Å². The zero-order valence-electron chi connectivity index (χ0n) is 5.56. The summed E-state index contributed by atoms with van der Waals surface area (Å²) >= 11 is 0. The molecule has 0 aliphatic heterocycles. The SMILES string of the molecule is O=C([O-])C(F)C(F)C(F)F.[K+]. The van der Waals surface area contributed by atoms with E-state index in [9.17, 15) is 27.5 Å². The predicted octanol–water partition coefficient (Wildman–Crippen LogP) is -3.32. The number of carbonyl (C=O) groups is 1. The fraction of sp³-hybridized carbons (Fsp3) is 0.750. The van der Waals surface area contributed by atoms with E-state index in [1.165, 1.54) is 0 Å². The van der Waals surface area contributed by atoms with Crippen molar-refractivity contribution in [1.29, 1.82) is 0 Å². The van der Waals surface area contributed by atoms with Crippen LogP contribution in [0.5, 0.6) is 0 Å². The van der Waals surface area contributed by atoms with Gasteiger partial charge in [-0.25, -0.2) is 17.6 Å². The summed E-state index contributed by atoms with van der Waals surface area (Å²) in [4.78, 5) is 9.39. The van der Waals surface area contributed by atoms with E-state index in [1.54, 1.807) is 0 Å². The van der Waals surface area contributed by atoms with E-state index in [-0.39, 0.29) is 51.4 Å². The van der Waals surface area contributed by atoms with Gasteiger partial charge in [0.05, 0.1) is 5.97 Å². The van der Waals surface area contributed by atoms with Gasteiger partial charge in [0, 0.05) is 0 Å². The average molecular weight is 198 g/mol. The van der Waals surface area contributed by atoms with Gasteiger partial charge in [0.15, 0.2) is 12.3 Å². The van der Waals surface area contributed by atoms with Crippen molar-refractivity contribution < 1.29 is 78.8 Å². The van der Waals surface area contributed by atoms with Gasteiger partial charge in [-0.3, -0.25) is 0 Å². The number of halogens is 4. The van der Waals surface area contributed by atoms with Gasteiger partial charge in [-0.15, -0.1) is 0 Å². The molecule has 0 saturated heterocycles. The fourth-order valence-corrected chi connectivity index (χ4v) is 0.258. The van der Waals surface area contributed by atoms with Gasteiger partial charge in [0.2, 0.25) is 0 Å². The van der Waals surface area contributed by atoms with Crippen LogP contribution in [0.1, 0.15) is 0 Å². The second-order valence-corrected chi connectivity index (χ2v) is 1.50. The topological polar surface area (TPSA) is 40.1 Å². The molecule has 60 valence electrons. The third kappa shape index (κ3) is 5.13. The van der Waals surface area contributed by atoms with Crippen molar-refractivity contribution in [2.45, 2.75) is 18.8 Å². The monoisotopic (exact) mass is 198 g/mol. The number of aliphatic carboxylic acids is 1. The van der Waals surface area contributed by atoms with Crippen molar-refractivity contribution in [3.63, 3.8) is 0 Å². The summed E-state index contributed by atoms with van der Waals surface area (Å²) in [6.45, 7) is 0. The second-order valence-electron chi connectivity index (χ2n) is 1.50. The molecule has 2 atom stereocenters. The summed E-state index contributed by atoms with van der Waals surface area (Å²) in [5.74, 6) is -2.46. The molecule has 0 aliphatic rings. The first-order valence-electron chi connectivity index (χ1n) is 2.24. The Kier molecular flexibility index (Phi) is 8.29. The Hall–Kier alpha value is 0.826. The second kappa shape index (κ2) is 6.35. The van der Waals surface area contributed by atoms with E-state index in [1.807, 2.05) is 0 Å². The third-order valence-electron chi connectivity index (χ3n) is 0.745. The number of carbonyl (C=O) groups excluding carboxylic acids is 1. The Labute approximate surface area is 102 Å². The first-order valence-corrected chi connectivity index (χ1v) is 2.24. The molecule has 0 heterocycles. The van der Waals surface area contributed by atoms with Crippen LogP contribution < -0.4 is 56.5 Å². The number of carboxylic acids is 1. The van der Waals surface area contributed by atoms with Crippen molar-refractivity contribution in [3.05, 3.63) is 0 Å². The van der Waals surface area contributed by atoms with E-state index >= 15 is 0 Å². The van der Waals surface area contributed by atoms with Crippen LogP contribution in [0, 0.1) is 0 Å². The summed E-state index contributed by atoms with van der Waals surface area (Å²) in [5, 5.41) is 9.39. The molecule has 0 spiro atoms. The number of hydrogen-bond donors (Lipinski definition) is 0. The largest absolute Gasteiger partial charge is 1.00 e. The molecule has 0 amide bonds. The first-order chi connectivity index (χ1) is 4.46. The Bertz CT molecular complexity index is 131. The summed E-state index contributed by atoms with van der Waals surface area (Å²) in [6.07, 6.45) is -10.2. The summed E-state index contributed by atoms with van der Waals surface area (Å²) < 4.78 is 45.5. The van der Waals surface area contributed by atoms with Gasteiger partial charge in [-0.2, -0.15) is 0 Å². The number of hydrogen-bond acceptors (Lipinski definition) is 2. The maximum atomic E-state index is 11.7. The van der Waals surface area contributed by atoms with Crippen molar-refractivity contribution in [3.8, 4) is 0 Å². The minimum atomic E-state index is -3.63. The smallest absolute Gasteiger partial charge is 0.547 e. The van der Waals surface area contributed by atoms with Crippen LogP contribution in [0.2, 0.25) is 0 Å². The zero-order valence-corrected chi connectivity index (χ0v) is 8.68. The Morgan fingerprint density at radius 3 is 1.64 bits per heavy atom. The number of carboxylic acid groups (broad SMARTS) is 1. The fourth-order valence-electron chi connectivity index (χ4n) is 0.258. The van der Waals surface area contributed by atoms with Gasteiger partial charge >= 0.3 is 51.4 Å². The Morgan fingerprint density at radius 2 is 1.55 bits per heavy atom. The molecular weight excluding hydrogens is 195 g/mol. The Morgan fingerprint density at radius 1 is 1.18 bits per heavy atom. The van der Waals surface area contributed by atoms with Crippen LogP contribution in [0.15, 0.2) is 0 Å². The predicted molar refractivity (Wildman–Crippen MR) is 20.8 cm³/mol. The molecule has 0 rings (SSSR count). The molecule has 0 radical (unpaired) electrons. The summed E-state index contributed by atoms with van der Waals surface area (Å²) in [7, 11) is 0.